The van der Waals surface area contributed by atoms with E-state index in [0.717, 1.165) is 37.0 Å². The highest BCUT2D eigenvalue weighted by Crippen LogP contribution is 2.41. The van der Waals surface area contributed by atoms with Crippen molar-refractivity contribution in [2.24, 2.45) is 0 Å². The first kappa shape index (κ1) is 17.6. The molecule has 2 aliphatic rings. The standard InChI is InChI=1S/C17H29N5OS/c1-3-13(4-2)18-15(23)12-24-17-20-19-16(22(17)14-8-9-14)21-10-6-5-7-11-21/h13-14H,3-12H2,1-2H3,(H,18,23). The van der Waals surface area contributed by atoms with Gasteiger partial charge < -0.3 is 10.2 Å². The van der Waals surface area contributed by atoms with Crippen LogP contribution in [0.5, 0.6) is 0 Å². The summed E-state index contributed by atoms with van der Waals surface area (Å²) >= 11 is 1.52. The third kappa shape index (κ3) is 4.23. The normalized spacial score (nSPS) is 18.2. The first-order valence-corrected chi connectivity index (χ1v) is 10.3. The minimum Gasteiger partial charge on any atom is -0.353 e. The van der Waals surface area contributed by atoms with E-state index in [2.05, 4.69) is 38.8 Å². The Bertz CT molecular complexity index is 547. The lowest BCUT2D eigenvalue weighted by Gasteiger charge is -2.27. The Hall–Kier alpha value is -1.24. The lowest BCUT2D eigenvalue weighted by Crippen LogP contribution is -2.35. The number of amides is 1. The Labute approximate surface area is 148 Å². The Balaban J connectivity index is 1.63. The molecular formula is C17H29N5OS. The van der Waals surface area contributed by atoms with Crippen molar-refractivity contribution in [2.75, 3.05) is 23.7 Å². The summed E-state index contributed by atoms with van der Waals surface area (Å²) in [6.07, 6.45) is 8.13. The molecule has 1 aromatic rings. The molecular weight excluding hydrogens is 322 g/mol. The van der Waals surface area contributed by atoms with E-state index in [1.54, 1.807) is 0 Å². The Kier molecular flexibility index (Phi) is 6.03. The Morgan fingerprint density at radius 2 is 1.92 bits per heavy atom. The van der Waals surface area contributed by atoms with Gasteiger partial charge in [-0.15, -0.1) is 10.2 Å². The summed E-state index contributed by atoms with van der Waals surface area (Å²) < 4.78 is 2.28. The van der Waals surface area contributed by atoms with E-state index >= 15 is 0 Å². The second-order valence-electron chi connectivity index (χ2n) is 6.80. The first-order valence-electron chi connectivity index (χ1n) is 9.35. The number of rotatable bonds is 8. The number of carbonyl (C=O) groups is 1. The van der Waals surface area contributed by atoms with E-state index in [1.807, 2.05) is 0 Å². The average Bonchev–Trinajstić information content (AvgIpc) is 3.37. The molecule has 2 heterocycles. The number of carbonyl (C=O) groups excluding carboxylic acids is 1. The van der Waals surface area contributed by atoms with Crippen molar-refractivity contribution in [2.45, 2.75) is 76.0 Å². The third-order valence-corrected chi connectivity index (χ3v) is 5.82. The van der Waals surface area contributed by atoms with Crippen LogP contribution in [0.1, 0.15) is 64.8 Å². The lowest BCUT2D eigenvalue weighted by molar-refractivity contribution is -0.119. The predicted octanol–water partition coefficient (Wildman–Crippen LogP) is 3.00. The van der Waals surface area contributed by atoms with E-state index in [9.17, 15) is 4.79 Å². The first-order chi connectivity index (χ1) is 11.7. The fourth-order valence-electron chi connectivity index (χ4n) is 3.22. The second kappa shape index (κ2) is 8.23. The summed E-state index contributed by atoms with van der Waals surface area (Å²) in [6, 6.07) is 0.810. The van der Waals surface area contributed by atoms with Gasteiger partial charge in [0, 0.05) is 25.2 Å². The molecule has 134 valence electrons. The van der Waals surface area contributed by atoms with Gasteiger partial charge >= 0.3 is 0 Å². The van der Waals surface area contributed by atoms with Crippen molar-refractivity contribution < 1.29 is 4.79 Å². The molecule has 0 bridgehead atoms. The van der Waals surface area contributed by atoms with Crippen LogP contribution in [0.15, 0.2) is 5.16 Å². The van der Waals surface area contributed by atoms with Crippen LogP contribution in [0.2, 0.25) is 0 Å². The molecule has 0 unspecified atom stereocenters. The third-order valence-electron chi connectivity index (χ3n) is 4.88. The Morgan fingerprint density at radius 1 is 1.21 bits per heavy atom. The van der Waals surface area contributed by atoms with E-state index in [-0.39, 0.29) is 11.9 Å². The largest absolute Gasteiger partial charge is 0.353 e. The van der Waals surface area contributed by atoms with Gasteiger partial charge in [-0.1, -0.05) is 25.6 Å². The van der Waals surface area contributed by atoms with Gasteiger partial charge in [0.2, 0.25) is 11.9 Å². The van der Waals surface area contributed by atoms with Crippen LogP contribution in [0.4, 0.5) is 5.95 Å². The van der Waals surface area contributed by atoms with E-state index in [1.165, 1.54) is 43.9 Å². The molecule has 0 radical (unpaired) electrons. The summed E-state index contributed by atoms with van der Waals surface area (Å²) in [6.45, 7) is 6.36. The van der Waals surface area contributed by atoms with Gasteiger partial charge in [-0.2, -0.15) is 0 Å². The van der Waals surface area contributed by atoms with Gasteiger partial charge in [-0.3, -0.25) is 9.36 Å². The number of aromatic nitrogens is 3. The summed E-state index contributed by atoms with van der Waals surface area (Å²) in [4.78, 5) is 14.5. The fraction of sp³-hybridized carbons (Fsp3) is 0.824. The summed E-state index contributed by atoms with van der Waals surface area (Å²) in [5, 5.41) is 12.9. The molecule has 1 aliphatic heterocycles. The lowest BCUT2D eigenvalue weighted by atomic mass is 10.1. The molecule has 1 saturated heterocycles. The van der Waals surface area contributed by atoms with Gasteiger partial charge in [0.1, 0.15) is 0 Å². The van der Waals surface area contributed by atoms with E-state index in [0.29, 0.717) is 11.8 Å². The maximum atomic E-state index is 12.2. The van der Waals surface area contributed by atoms with Crippen molar-refractivity contribution in [1.82, 2.24) is 20.1 Å². The van der Waals surface area contributed by atoms with Gasteiger partial charge in [0.25, 0.3) is 0 Å². The van der Waals surface area contributed by atoms with Gasteiger partial charge in [-0.25, -0.2) is 0 Å². The molecule has 1 amide bonds. The smallest absolute Gasteiger partial charge is 0.230 e. The predicted molar refractivity (Wildman–Crippen MR) is 97.6 cm³/mol. The Morgan fingerprint density at radius 3 is 2.54 bits per heavy atom. The number of piperidine rings is 1. The zero-order valence-corrected chi connectivity index (χ0v) is 15.6. The molecule has 0 atom stereocenters. The molecule has 1 saturated carbocycles. The minimum absolute atomic E-state index is 0.0959. The van der Waals surface area contributed by atoms with Crippen LogP contribution in [0.25, 0.3) is 0 Å². The van der Waals surface area contributed by atoms with Crippen LogP contribution in [0.3, 0.4) is 0 Å². The van der Waals surface area contributed by atoms with E-state index < -0.39 is 0 Å². The molecule has 1 aromatic heterocycles. The highest BCUT2D eigenvalue weighted by molar-refractivity contribution is 7.99. The van der Waals surface area contributed by atoms with Crippen molar-refractivity contribution >= 4 is 23.6 Å². The minimum atomic E-state index is 0.0959. The van der Waals surface area contributed by atoms with Crippen molar-refractivity contribution in [3.8, 4) is 0 Å². The molecule has 1 N–H and O–H groups in total. The number of thioether (sulfide) groups is 1. The van der Waals surface area contributed by atoms with E-state index in [4.69, 9.17) is 0 Å². The molecule has 3 rings (SSSR count). The monoisotopic (exact) mass is 351 g/mol. The average molecular weight is 352 g/mol. The zero-order chi connectivity index (χ0) is 16.9. The van der Waals surface area contributed by atoms with Crippen LogP contribution in [-0.2, 0) is 4.79 Å². The van der Waals surface area contributed by atoms with Gasteiger partial charge in [0.15, 0.2) is 5.16 Å². The van der Waals surface area contributed by atoms with Gasteiger partial charge in [-0.05, 0) is 44.9 Å². The zero-order valence-electron chi connectivity index (χ0n) is 14.8. The van der Waals surface area contributed by atoms with Crippen molar-refractivity contribution in [3.63, 3.8) is 0 Å². The van der Waals surface area contributed by atoms with Crippen molar-refractivity contribution in [1.29, 1.82) is 0 Å². The second-order valence-corrected chi connectivity index (χ2v) is 7.74. The number of nitrogens with one attached hydrogen (secondary N) is 1. The topological polar surface area (TPSA) is 63.1 Å². The maximum absolute atomic E-state index is 12.2. The summed E-state index contributed by atoms with van der Waals surface area (Å²) in [5.41, 5.74) is 0. The fourth-order valence-corrected chi connectivity index (χ4v) is 4.03. The van der Waals surface area contributed by atoms with Crippen LogP contribution >= 0.6 is 11.8 Å². The number of hydrogen-bond donors (Lipinski definition) is 1. The maximum Gasteiger partial charge on any atom is 0.230 e. The molecule has 7 heteroatoms. The SMILES string of the molecule is CCC(CC)NC(=O)CSc1nnc(N2CCCCC2)n1C1CC1. The number of anilines is 1. The number of hydrogen-bond acceptors (Lipinski definition) is 5. The molecule has 6 nitrogen and oxygen atoms in total. The summed E-state index contributed by atoms with van der Waals surface area (Å²) in [5.74, 6) is 1.53. The molecule has 24 heavy (non-hydrogen) atoms. The molecule has 0 aromatic carbocycles. The molecule has 2 fully saturated rings. The molecule has 0 spiro atoms. The molecule has 1 aliphatic carbocycles. The van der Waals surface area contributed by atoms with Gasteiger partial charge in [0.05, 0.1) is 5.75 Å². The van der Waals surface area contributed by atoms with Crippen LogP contribution in [0, 0.1) is 0 Å². The highest BCUT2D eigenvalue weighted by Gasteiger charge is 2.32. The summed E-state index contributed by atoms with van der Waals surface area (Å²) in [7, 11) is 0. The van der Waals surface area contributed by atoms with Crippen LogP contribution < -0.4 is 10.2 Å². The quantitative estimate of drug-likeness (QED) is 0.730. The van der Waals surface area contributed by atoms with Crippen LogP contribution in [-0.4, -0.2) is 45.6 Å². The number of nitrogens with zero attached hydrogens (tertiary/aromatic N) is 4. The van der Waals surface area contributed by atoms with Crippen molar-refractivity contribution in [3.05, 3.63) is 0 Å². The highest BCUT2D eigenvalue weighted by atomic mass is 32.2.